The number of aromatic nitrogens is 3. The molecule has 0 aromatic carbocycles. The molecule has 0 bridgehead atoms. The minimum Gasteiger partial charge on any atom is -0.383 e. The van der Waals surface area contributed by atoms with Crippen LogP contribution in [0, 0.1) is 5.41 Å². The van der Waals surface area contributed by atoms with E-state index in [2.05, 4.69) is 21.8 Å². The molecule has 2 aromatic rings. The van der Waals surface area contributed by atoms with Gasteiger partial charge in [-0.15, -0.1) is 0 Å². The van der Waals surface area contributed by atoms with Crippen molar-refractivity contribution in [3.05, 3.63) is 42.0 Å². The first-order valence-electron chi connectivity index (χ1n) is 9.53. The number of methoxy groups -OCH3 is 1. The van der Waals surface area contributed by atoms with Gasteiger partial charge in [-0.25, -0.2) is 13.4 Å². The minimum atomic E-state index is -3.49. The Kier molecular flexibility index (Phi) is 7.74. The van der Waals surface area contributed by atoms with Crippen LogP contribution in [-0.2, 0) is 34.2 Å². The number of nitrogens with zero attached hydrogens (tertiary/aromatic N) is 4. The smallest absolute Gasteiger partial charge is 0.227 e. The lowest BCUT2D eigenvalue weighted by molar-refractivity contribution is 0.181. The molecular formula is C20H32N4O3S. The summed E-state index contributed by atoms with van der Waals surface area (Å²) in [5, 5.41) is 0.134. The molecule has 0 aliphatic rings. The van der Waals surface area contributed by atoms with Crippen molar-refractivity contribution in [2.24, 2.45) is 5.41 Å². The van der Waals surface area contributed by atoms with Gasteiger partial charge in [-0.05, 0) is 29.7 Å². The van der Waals surface area contributed by atoms with Crippen molar-refractivity contribution in [1.82, 2.24) is 19.4 Å². The van der Waals surface area contributed by atoms with Crippen molar-refractivity contribution in [1.29, 1.82) is 0 Å². The fourth-order valence-electron chi connectivity index (χ4n) is 3.08. The van der Waals surface area contributed by atoms with Crippen LogP contribution in [0.1, 0.15) is 39.0 Å². The molecule has 0 atom stereocenters. The van der Waals surface area contributed by atoms with Gasteiger partial charge in [-0.3, -0.25) is 9.88 Å². The molecule has 8 heteroatoms. The Labute approximate surface area is 168 Å². The second kappa shape index (κ2) is 9.62. The maximum atomic E-state index is 12.9. The number of ether oxygens (including phenoxy) is 1. The summed E-state index contributed by atoms with van der Waals surface area (Å²) < 4.78 is 32.9. The average molecular weight is 409 g/mol. The molecule has 0 amide bonds. The van der Waals surface area contributed by atoms with Gasteiger partial charge in [-0.2, -0.15) is 0 Å². The highest BCUT2D eigenvalue weighted by Gasteiger charge is 2.29. The van der Waals surface area contributed by atoms with Gasteiger partial charge in [0.15, 0.2) is 0 Å². The SMILES string of the molecule is CCN(Cc1ccncc1)Cc1cnc(S(=O)(=O)CC(C)(C)C)n1CCOC. The Balaban J connectivity index is 2.29. The van der Waals surface area contributed by atoms with E-state index >= 15 is 0 Å². The maximum Gasteiger partial charge on any atom is 0.227 e. The van der Waals surface area contributed by atoms with E-state index in [9.17, 15) is 8.42 Å². The van der Waals surface area contributed by atoms with Gasteiger partial charge in [0, 0.05) is 39.1 Å². The van der Waals surface area contributed by atoms with Crippen LogP contribution in [0.3, 0.4) is 0 Å². The molecule has 0 saturated carbocycles. The molecule has 2 aromatic heterocycles. The standard InChI is InChI=1S/C20H32N4O3S/c1-6-23(14-17-7-9-21-10-8-17)15-18-13-22-19(24(18)11-12-27-5)28(25,26)16-20(2,3)4/h7-10,13H,6,11-12,14-16H2,1-5H3. The van der Waals surface area contributed by atoms with E-state index in [1.807, 2.05) is 32.9 Å². The fraction of sp³-hybridized carbons (Fsp3) is 0.600. The van der Waals surface area contributed by atoms with Gasteiger partial charge in [-0.1, -0.05) is 27.7 Å². The van der Waals surface area contributed by atoms with Gasteiger partial charge in [0.25, 0.3) is 0 Å². The van der Waals surface area contributed by atoms with Crippen molar-refractivity contribution in [2.45, 2.75) is 52.5 Å². The molecule has 0 saturated heterocycles. The maximum absolute atomic E-state index is 12.9. The first-order valence-corrected chi connectivity index (χ1v) is 11.2. The fourth-order valence-corrected chi connectivity index (χ4v) is 5.10. The van der Waals surface area contributed by atoms with E-state index in [1.165, 1.54) is 5.56 Å². The molecule has 156 valence electrons. The van der Waals surface area contributed by atoms with Gasteiger partial charge in [0.2, 0.25) is 15.0 Å². The summed E-state index contributed by atoms with van der Waals surface area (Å²) in [6.07, 6.45) is 5.24. The van der Waals surface area contributed by atoms with Crippen LogP contribution in [0.25, 0.3) is 0 Å². The molecule has 0 spiro atoms. The number of hydrogen-bond acceptors (Lipinski definition) is 6. The van der Waals surface area contributed by atoms with Gasteiger partial charge in [0.05, 0.1) is 24.3 Å². The third-order valence-electron chi connectivity index (χ3n) is 4.31. The zero-order valence-corrected chi connectivity index (χ0v) is 18.4. The van der Waals surface area contributed by atoms with Crippen molar-refractivity contribution >= 4 is 9.84 Å². The molecule has 0 unspecified atom stereocenters. The lowest BCUT2D eigenvalue weighted by Gasteiger charge is -2.22. The normalized spacial score (nSPS) is 12.6. The average Bonchev–Trinajstić information content (AvgIpc) is 3.01. The van der Waals surface area contributed by atoms with E-state index in [1.54, 1.807) is 30.3 Å². The van der Waals surface area contributed by atoms with E-state index in [0.717, 1.165) is 18.8 Å². The summed E-state index contributed by atoms with van der Waals surface area (Å²) in [4.78, 5) is 10.6. The Bertz CT molecular complexity index is 842. The number of hydrogen-bond donors (Lipinski definition) is 0. The summed E-state index contributed by atoms with van der Waals surface area (Å²) in [7, 11) is -1.88. The molecule has 0 aliphatic heterocycles. The van der Waals surface area contributed by atoms with Crippen LogP contribution in [-0.4, -0.2) is 53.9 Å². The van der Waals surface area contributed by atoms with Crippen molar-refractivity contribution in [3.8, 4) is 0 Å². The summed E-state index contributed by atoms with van der Waals surface area (Å²) in [5.41, 5.74) is 1.70. The van der Waals surface area contributed by atoms with Gasteiger partial charge in [0.1, 0.15) is 0 Å². The highest BCUT2D eigenvalue weighted by molar-refractivity contribution is 7.91. The Morgan fingerprint density at radius 1 is 1.18 bits per heavy atom. The first kappa shape index (κ1) is 22.5. The molecule has 0 fully saturated rings. The van der Waals surface area contributed by atoms with Crippen LogP contribution >= 0.6 is 0 Å². The number of sulfone groups is 1. The zero-order valence-electron chi connectivity index (χ0n) is 17.6. The van der Waals surface area contributed by atoms with Crippen LogP contribution in [0.2, 0.25) is 0 Å². The van der Waals surface area contributed by atoms with Gasteiger partial charge >= 0.3 is 0 Å². The third kappa shape index (κ3) is 6.39. The van der Waals surface area contributed by atoms with Crippen LogP contribution < -0.4 is 0 Å². The molecule has 0 N–H and O–H groups in total. The molecule has 2 rings (SSSR count). The molecule has 7 nitrogen and oxygen atoms in total. The van der Waals surface area contributed by atoms with E-state index < -0.39 is 9.84 Å². The molecule has 28 heavy (non-hydrogen) atoms. The van der Waals surface area contributed by atoms with Crippen molar-refractivity contribution in [2.75, 3.05) is 26.0 Å². The van der Waals surface area contributed by atoms with Gasteiger partial charge < -0.3 is 9.30 Å². The lowest BCUT2D eigenvalue weighted by atomic mass is 10.0. The Morgan fingerprint density at radius 3 is 2.43 bits per heavy atom. The van der Waals surface area contributed by atoms with E-state index in [-0.39, 0.29) is 16.3 Å². The van der Waals surface area contributed by atoms with Crippen molar-refractivity contribution < 1.29 is 13.2 Å². The Morgan fingerprint density at radius 2 is 1.86 bits per heavy atom. The monoisotopic (exact) mass is 408 g/mol. The second-order valence-electron chi connectivity index (χ2n) is 8.16. The minimum absolute atomic E-state index is 0.0535. The number of imidazole rings is 1. The topological polar surface area (TPSA) is 77.3 Å². The predicted octanol–water partition coefficient (Wildman–Crippen LogP) is 2.77. The lowest BCUT2D eigenvalue weighted by Crippen LogP contribution is -2.27. The molecular weight excluding hydrogens is 376 g/mol. The summed E-state index contributed by atoms with van der Waals surface area (Å²) >= 11 is 0. The number of pyridine rings is 1. The molecule has 2 heterocycles. The summed E-state index contributed by atoms with van der Waals surface area (Å²) in [5.74, 6) is 0.0535. The molecule has 0 radical (unpaired) electrons. The highest BCUT2D eigenvalue weighted by atomic mass is 32.2. The second-order valence-corrected chi connectivity index (χ2v) is 10.0. The van der Waals surface area contributed by atoms with Crippen LogP contribution in [0.5, 0.6) is 0 Å². The van der Waals surface area contributed by atoms with E-state index in [0.29, 0.717) is 19.7 Å². The largest absolute Gasteiger partial charge is 0.383 e. The predicted molar refractivity (Wildman–Crippen MR) is 110 cm³/mol. The first-order chi connectivity index (χ1) is 13.2. The van der Waals surface area contributed by atoms with Crippen LogP contribution in [0.15, 0.2) is 35.9 Å². The van der Waals surface area contributed by atoms with Crippen LogP contribution in [0.4, 0.5) is 0 Å². The highest BCUT2D eigenvalue weighted by Crippen LogP contribution is 2.23. The zero-order chi connectivity index (χ0) is 20.8. The molecule has 0 aliphatic carbocycles. The van der Waals surface area contributed by atoms with E-state index in [4.69, 9.17) is 4.74 Å². The number of rotatable bonds is 10. The summed E-state index contributed by atoms with van der Waals surface area (Å²) in [6.45, 7) is 10.9. The summed E-state index contributed by atoms with van der Waals surface area (Å²) in [6, 6.07) is 3.98. The third-order valence-corrected chi connectivity index (χ3v) is 6.44. The Hall–Kier alpha value is -1.77. The quantitative estimate of drug-likeness (QED) is 0.602. The van der Waals surface area contributed by atoms with Crippen molar-refractivity contribution in [3.63, 3.8) is 0 Å².